The highest BCUT2D eigenvalue weighted by Crippen LogP contribution is 2.28. The number of benzene rings is 1. The Hall–Kier alpha value is -1.53. The van der Waals surface area contributed by atoms with E-state index in [2.05, 4.69) is 9.80 Å². The summed E-state index contributed by atoms with van der Waals surface area (Å²) in [7, 11) is 0. The first-order valence-corrected chi connectivity index (χ1v) is 11.8. The molecule has 3 heterocycles. The third-order valence-electron chi connectivity index (χ3n) is 6.18. The van der Waals surface area contributed by atoms with Crippen LogP contribution in [0.1, 0.15) is 32.1 Å². The molecule has 28 heavy (non-hydrogen) atoms. The van der Waals surface area contributed by atoms with Crippen molar-refractivity contribution in [3.8, 4) is 0 Å². The largest absolute Gasteiger partial charge is 0.337 e. The number of likely N-dealkylation sites (tertiary alicyclic amines) is 1. The average Bonchev–Trinajstić information content (AvgIpc) is 2.97. The summed E-state index contributed by atoms with van der Waals surface area (Å²) in [6.07, 6.45) is 5.27. The first-order valence-electron chi connectivity index (χ1n) is 10.7. The minimum Gasteiger partial charge on any atom is -0.337 e. The molecule has 0 aliphatic carbocycles. The van der Waals surface area contributed by atoms with E-state index in [-0.39, 0.29) is 23.8 Å². The fraction of sp³-hybridized carbons (Fsp3) is 0.636. The van der Waals surface area contributed by atoms with Crippen molar-refractivity contribution in [3.63, 3.8) is 0 Å². The van der Waals surface area contributed by atoms with Crippen LogP contribution >= 0.6 is 11.8 Å². The summed E-state index contributed by atoms with van der Waals surface area (Å²) >= 11 is 1.98. The molecule has 0 aromatic heterocycles. The van der Waals surface area contributed by atoms with Crippen molar-refractivity contribution in [1.29, 1.82) is 0 Å². The van der Waals surface area contributed by atoms with E-state index in [1.54, 1.807) is 4.90 Å². The number of amides is 2. The summed E-state index contributed by atoms with van der Waals surface area (Å²) in [5.41, 5.74) is 0.902. The van der Waals surface area contributed by atoms with Crippen LogP contribution in [0.2, 0.25) is 0 Å². The molecule has 3 fully saturated rings. The molecule has 2 unspecified atom stereocenters. The molecular formula is C22H31N3O2S. The minimum absolute atomic E-state index is 0.0707. The van der Waals surface area contributed by atoms with Gasteiger partial charge in [-0.05, 0) is 50.2 Å². The Morgan fingerprint density at radius 1 is 1.04 bits per heavy atom. The van der Waals surface area contributed by atoms with Crippen molar-refractivity contribution in [2.24, 2.45) is 5.92 Å². The zero-order valence-corrected chi connectivity index (χ0v) is 17.4. The Morgan fingerprint density at radius 2 is 1.82 bits per heavy atom. The third kappa shape index (κ3) is 4.54. The summed E-state index contributed by atoms with van der Waals surface area (Å²) in [5.74, 6) is 2.20. The lowest BCUT2D eigenvalue weighted by Crippen LogP contribution is -2.51. The molecule has 1 aromatic rings. The maximum atomic E-state index is 13.4. The first kappa shape index (κ1) is 19.8. The van der Waals surface area contributed by atoms with Gasteiger partial charge < -0.3 is 14.7 Å². The predicted octanol–water partition coefficient (Wildman–Crippen LogP) is 2.86. The summed E-state index contributed by atoms with van der Waals surface area (Å²) < 4.78 is 0. The van der Waals surface area contributed by atoms with Crippen LogP contribution in [0.25, 0.3) is 0 Å². The van der Waals surface area contributed by atoms with E-state index in [0.29, 0.717) is 13.0 Å². The quantitative estimate of drug-likeness (QED) is 0.778. The fourth-order valence-electron chi connectivity index (χ4n) is 4.68. The molecule has 3 aliphatic rings. The predicted molar refractivity (Wildman–Crippen MR) is 115 cm³/mol. The average molecular weight is 402 g/mol. The molecule has 0 N–H and O–H groups in total. The number of nitrogens with zero attached hydrogens (tertiary/aromatic N) is 3. The molecule has 5 nitrogen and oxygen atoms in total. The number of anilines is 1. The maximum absolute atomic E-state index is 13.4. The second-order valence-corrected chi connectivity index (χ2v) is 9.37. The van der Waals surface area contributed by atoms with Crippen LogP contribution in [0, 0.1) is 5.92 Å². The smallest absolute Gasteiger partial charge is 0.228 e. The lowest BCUT2D eigenvalue weighted by atomic mass is 10.0. The maximum Gasteiger partial charge on any atom is 0.228 e. The first-order chi connectivity index (χ1) is 13.7. The van der Waals surface area contributed by atoms with E-state index in [1.165, 1.54) is 19.3 Å². The molecule has 1 aromatic carbocycles. The van der Waals surface area contributed by atoms with Crippen LogP contribution < -0.4 is 4.90 Å². The monoisotopic (exact) mass is 401 g/mol. The molecule has 2 amide bonds. The highest BCUT2D eigenvalue weighted by Gasteiger charge is 2.39. The van der Waals surface area contributed by atoms with E-state index in [0.717, 1.165) is 49.8 Å². The second-order valence-electron chi connectivity index (χ2n) is 8.22. The summed E-state index contributed by atoms with van der Waals surface area (Å²) in [6.45, 7) is 4.66. The van der Waals surface area contributed by atoms with Gasteiger partial charge in [-0.2, -0.15) is 11.8 Å². The Bertz CT molecular complexity index is 678. The van der Waals surface area contributed by atoms with Gasteiger partial charge in [-0.25, -0.2) is 0 Å². The molecule has 152 valence electrons. The van der Waals surface area contributed by atoms with Gasteiger partial charge >= 0.3 is 0 Å². The van der Waals surface area contributed by atoms with Crippen LogP contribution in [0.4, 0.5) is 5.69 Å². The number of thioether (sulfide) groups is 1. The minimum atomic E-state index is -0.209. The molecule has 4 rings (SSSR count). The van der Waals surface area contributed by atoms with E-state index in [4.69, 9.17) is 0 Å². The van der Waals surface area contributed by atoms with E-state index >= 15 is 0 Å². The van der Waals surface area contributed by atoms with Crippen molar-refractivity contribution in [1.82, 2.24) is 9.80 Å². The van der Waals surface area contributed by atoms with Crippen molar-refractivity contribution in [2.45, 2.75) is 38.1 Å². The van der Waals surface area contributed by atoms with Gasteiger partial charge in [-0.1, -0.05) is 24.6 Å². The number of piperidine rings is 1. The van der Waals surface area contributed by atoms with Crippen LogP contribution in [0.15, 0.2) is 30.3 Å². The Labute approximate surface area is 172 Å². The molecule has 0 bridgehead atoms. The molecule has 2 atom stereocenters. The van der Waals surface area contributed by atoms with Crippen LogP contribution in [-0.2, 0) is 9.59 Å². The molecular weight excluding hydrogens is 370 g/mol. The van der Waals surface area contributed by atoms with Gasteiger partial charge in [-0.15, -0.1) is 0 Å². The Balaban J connectivity index is 1.44. The van der Waals surface area contributed by atoms with Crippen molar-refractivity contribution in [2.75, 3.05) is 49.1 Å². The normalized spacial score (nSPS) is 27.1. The van der Waals surface area contributed by atoms with E-state index < -0.39 is 0 Å². The molecule has 6 heteroatoms. The lowest BCUT2D eigenvalue weighted by Gasteiger charge is -2.36. The van der Waals surface area contributed by atoms with Gasteiger partial charge in [0.05, 0.1) is 12.0 Å². The molecule has 3 aliphatic heterocycles. The zero-order valence-electron chi connectivity index (χ0n) is 16.6. The van der Waals surface area contributed by atoms with Gasteiger partial charge in [0, 0.05) is 37.5 Å². The van der Waals surface area contributed by atoms with Gasteiger partial charge in [0.2, 0.25) is 11.8 Å². The Morgan fingerprint density at radius 3 is 2.61 bits per heavy atom. The molecule has 0 saturated carbocycles. The standard InChI is InChI=1S/C22H31N3O2S/c26-21-14-18(15-25(21)19-8-3-1-4-9-19)22(27)24-12-7-13-28-17-20(24)16-23-10-5-2-6-11-23/h1,3-4,8-9,18,20H,2,5-7,10-17H2. The van der Waals surface area contributed by atoms with Crippen molar-refractivity contribution >= 4 is 29.3 Å². The highest BCUT2D eigenvalue weighted by molar-refractivity contribution is 7.99. The lowest BCUT2D eigenvalue weighted by molar-refractivity contribution is -0.138. The topological polar surface area (TPSA) is 43.9 Å². The number of para-hydroxylation sites is 1. The number of hydrogen-bond donors (Lipinski definition) is 0. The third-order valence-corrected chi connectivity index (χ3v) is 7.38. The highest BCUT2D eigenvalue weighted by atomic mass is 32.2. The van der Waals surface area contributed by atoms with Crippen LogP contribution in [-0.4, -0.2) is 71.9 Å². The molecule has 0 radical (unpaired) electrons. The van der Waals surface area contributed by atoms with Gasteiger partial charge in [-0.3, -0.25) is 9.59 Å². The van der Waals surface area contributed by atoms with Crippen LogP contribution in [0.5, 0.6) is 0 Å². The number of carbonyl (C=O) groups is 2. The molecule has 0 spiro atoms. The van der Waals surface area contributed by atoms with Gasteiger partial charge in [0.15, 0.2) is 0 Å². The summed E-state index contributed by atoms with van der Waals surface area (Å²) in [4.78, 5) is 32.5. The number of hydrogen-bond acceptors (Lipinski definition) is 4. The van der Waals surface area contributed by atoms with Crippen molar-refractivity contribution in [3.05, 3.63) is 30.3 Å². The number of rotatable bonds is 4. The van der Waals surface area contributed by atoms with E-state index in [1.807, 2.05) is 42.1 Å². The fourth-order valence-corrected chi connectivity index (χ4v) is 5.73. The van der Waals surface area contributed by atoms with Gasteiger partial charge in [0.1, 0.15) is 0 Å². The summed E-state index contributed by atoms with van der Waals surface area (Å²) in [5, 5.41) is 0. The SMILES string of the molecule is O=C1CC(C(=O)N2CCCSCC2CN2CCCCC2)CN1c1ccccc1. The van der Waals surface area contributed by atoms with Crippen LogP contribution in [0.3, 0.4) is 0 Å². The van der Waals surface area contributed by atoms with E-state index in [9.17, 15) is 9.59 Å². The Kier molecular flexibility index (Phi) is 6.58. The van der Waals surface area contributed by atoms with Gasteiger partial charge in [0.25, 0.3) is 0 Å². The zero-order chi connectivity index (χ0) is 19.3. The van der Waals surface area contributed by atoms with Crippen molar-refractivity contribution < 1.29 is 9.59 Å². The number of carbonyl (C=O) groups excluding carboxylic acids is 2. The molecule has 3 saturated heterocycles. The summed E-state index contributed by atoms with van der Waals surface area (Å²) in [6, 6.07) is 10.0. The second kappa shape index (κ2) is 9.31.